The van der Waals surface area contributed by atoms with Gasteiger partial charge in [-0.2, -0.15) is 0 Å². The van der Waals surface area contributed by atoms with Crippen LogP contribution in [0.25, 0.3) is 0 Å². The maximum atomic E-state index is 5.63. The van der Waals surface area contributed by atoms with E-state index < -0.39 is 0 Å². The molecule has 24 heavy (non-hydrogen) atoms. The Labute approximate surface area is 143 Å². The van der Waals surface area contributed by atoms with E-state index in [2.05, 4.69) is 11.2 Å². The maximum absolute atomic E-state index is 5.63. The Morgan fingerprint density at radius 2 is 1.67 bits per heavy atom. The van der Waals surface area contributed by atoms with Crippen molar-refractivity contribution in [1.82, 2.24) is 0 Å². The molecule has 0 radical (unpaired) electrons. The van der Waals surface area contributed by atoms with Crippen molar-refractivity contribution in [3.63, 3.8) is 0 Å². The lowest BCUT2D eigenvalue weighted by atomic mass is 10.2. The normalized spacial score (nSPS) is 9.88. The third kappa shape index (κ3) is 5.13. The Morgan fingerprint density at radius 3 is 2.33 bits per heavy atom. The van der Waals surface area contributed by atoms with Gasteiger partial charge in [0, 0.05) is 12.2 Å². The van der Waals surface area contributed by atoms with E-state index in [4.69, 9.17) is 20.6 Å². The predicted octanol–water partition coefficient (Wildman–Crippen LogP) is 4.11. The van der Waals surface area contributed by atoms with Crippen LogP contribution in [0.4, 0.5) is 5.69 Å². The van der Waals surface area contributed by atoms with Gasteiger partial charge in [0.1, 0.15) is 12.4 Å². The number of rotatable bonds is 9. The van der Waals surface area contributed by atoms with Gasteiger partial charge in [-0.1, -0.05) is 12.0 Å². The summed E-state index contributed by atoms with van der Waals surface area (Å²) < 4.78 is 16.6. The van der Waals surface area contributed by atoms with Crippen LogP contribution >= 0.6 is 0 Å². The summed E-state index contributed by atoms with van der Waals surface area (Å²) in [5.41, 5.74) is 2.13. The molecule has 0 saturated heterocycles. The van der Waals surface area contributed by atoms with Gasteiger partial charge in [-0.05, 0) is 55.8 Å². The summed E-state index contributed by atoms with van der Waals surface area (Å²) in [6, 6.07) is 13.8. The molecular weight excluding hydrogens is 302 g/mol. The zero-order chi connectivity index (χ0) is 17.2. The fourth-order valence-corrected chi connectivity index (χ4v) is 2.21. The number of ether oxygens (including phenoxy) is 3. The Kier molecular flexibility index (Phi) is 6.85. The van der Waals surface area contributed by atoms with Crippen LogP contribution in [0.15, 0.2) is 42.5 Å². The molecule has 0 atom stereocenters. The second kappa shape index (κ2) is 9.36. The first-order chi connectivity index (χ1) is 11.8. The fraction of sp³-hybridized carbons (Fsp3) is 0.300. The van der Waals surface area contributed by atoms with Crippen molar-refractivity contribution in [1.29, 1.82) is 0 Å². The first-order valence-electron chi connectivity index (χ1n) is 8.05. The molecule has 4 nitrogen and oxygen atoms in total. The average Bonchev–Trinajstić information content (AvgIpc) is 2.61. The number of hydrogen-bond donors (Lipinski definition) is 1. The van der Waals surface area contributed by atoms with Crippen LogP contribution in [0.5, 0.6) is 17.2 Å². The van der Waals surface area contributed by atoms with Crippen LogP contribution < -0.4 is 19.5 Å². The van der Waals surface area contributed by atoms with Crippen LogP contribution in [-0.2, 0) is 6.54 Å². The second-order valence-electron chi connectivity index (χ2n) is 5.02. The van der Waals surface area contributed by atoms with Crippen molar-refractivity contribution in [2.24, 2.45) is 0 Å². The Hall–Kier alpha value is -2.80. The van der Waals surface area contributed by atoms with Gasteiger partial charge < -0.3 is 19.5 Å². The lowest BCUT2D eigenvalue weighted by molar-refractivity contribution is 0.299. The molecule has 0 aromatic heterocycles. The summed E-state index contributed by atoms with van der Waals surface area (Å²) in [4.78, 5) is 0. The van der Waals surface area contributed by atoms with Crippen LogP contribution in [-0.4, -0.2) is 19.8 Å². The third-order valence-electron chi connectivity index (χ3n) is 3.28. The molecule has 0 unspecified atom stereocenters. The molecule has 126 valence electrons. The minimum Gasteiger partial charge on any atom is -0.494 e. The van der Waals surface area contributed by atoms with Gasteiger partial charge in [0.05, 0.1) is 13.2 Å². The van der Waals surface area contributed by atoms with E-state index in [1.54, 1.807) is 0 Å². The number of terminal acetylenes is 1. The highest BCUT2D eigenvalue weighted by Crippen LogP contribution is 2.29. The molecule has 0 aliphatic carbocycles. The van der Waals surface area contributed by atoms with Crippen LogP contribution in [0.3, 0.4) is 0 Å². The standard InChI is InChI=1S/C20H23NO3/c1-4-13-24-19-12-7-16(14-20(19)23-6-3)15-21-17-8-10-18(11-9-17)22-5-2/h1,7-12,14,21H,5-6,13,15H2,2-3H3. The molecule has 0 saturated carbocycles. The monoisotopic (exact) mass is 325 g/mol. The maximum Gasteiger partial charge on any atom is 0.162 e. The molecule has 4 heteroatoms. The van der Waals surface area contributed by atoms with E-state index in [0.717, 1.165) is 17.0 Å². The minimum atomic E-state index is 0.226. The zero-order valence-electron chi connectivity index (χ0n) is 14.2. The summed E-state index contributed by atoms with van der Waals surface area (Å²) in [6.45, 7) is 6.06. The number of benzene rings is 2. The van der Waals surface area contributed by atoms with Crippen LogP contribution in [0, 0.1) is 12.3 Å². The number of hydrogen-bond acceptors (Lipinski definition) is 4. The molecule has 0 fully saturated rings. The first kappa shape index (κ1) is 17.6. The molecule has 1 N–H and O–H groups in total. The van der Waals surface area contributed by atoms with Crippen molar-refractivity contribution < 1.29 is 14.2 Å². The molecule has 0 spiro atoms. The van der Waals surface area contributed by atoms with Gasteiger partial charge in [-0.15, -0.1) is 6.42 Å². The van der Waals surface area contributed by atoms with Crippen molar-refractivity contribution >= 4 is 5.69 Å². The van der Waals surface area contributed by atoms with Crippen molar-refractivity contribution in [2.75, 3.05) is 25.1 Å². The first-order valence-corrected chi connectivity index (χ1v) is 8.05. The lowest BCUT2D eigenvalue weighted by Gasteiger charge is -2.13. The second-order valence-corrected chi connectivity index (χ2v) is 5.02. The molecule has 0 heterocycles. The highest BCUT2D eigenvalue weighted by atomic mass is 16.5. The van der Waals surface area contributed by atoms with Crippen LogP contribution in [0.2, 0.25) is 0 Å². The molecule has 0 aliphatic heterocycles. The van der Waals surface area contributed by atoms with Gasteiger partial charge in [0.25, 0.3) is 0 Å². The van der Waals surface area contributed by atoms with E-state index in [-0.39, 0.29) is 6.61 Å². The molecule has 2 aromatic carbocycles. The van der Waals surface area contributed by atoms with Crippen molar-refractivity contribution in [3.8, 4) is 29.6 Å². The van der Waals surface area contributed by atoms with Gasteiger partial charge in [-0.25, -0.2) is 0 Å². The topological polar surface area (TPSA) is 39.7 Å². The number of nitrogens with one attached hydrogen (secondary N) is 1. The van der Waals surface area contributed by atoms with Gasteiger partial charge >= 0.3 is 0 Å². The predicted molar refractivity (Wildman–Crippen MR) is 96.9 cm³/mol. The Morgan fingerprint density at radius 1 is 0.917 bits per heavy atom. The van der Waals surface area contributed by atoms with E-state index in [0.29, 0.717) is 31.3 Å². The Bertz CT molecular complexity index is 674. The third-order valence-corrected chi connectivity index (χ3v) is 3.28. The SMILES string of the molecule is C#CCOc1ccc(CNc2ccc(OCC)cc2)cc1OCC. The lowest BCUT2D eigenvalue weighted by Crippen LogP contribution is -2.03. The average molecular weight is 325 g/mol. The summed E-state index contributed by atoms with van der Waals surface area (Å²) in [7, 11) is 0. The minimum absolute atomic E-state index is 0.226. The quantitative estimate of drug-likeness (QED) is 0.704. The number of anilines is 1. The van der Waals surface area contributed by atoms with E-state index in [1.165, 1.54) is 0 Å². The molecule has 2 aromatic rings. The zero-order valence-corrected chi connectivity index (χ0v) is 14.2. The molecule has 0 aliphatic rings. The molecule has 2 rings (SSSR count). The molecule has 0 amide bonds. The van der Waals surface area contributed by atoms with Crippen LogP contribution in [0.1, 0.15) is 19.4 Å². The summed E-state index contributed by atoms with van der Waals surface area (Å²) in [5, 5.41) is 3.38. The smallest absolute Gasteiger partial charge is 0.162 e. The van der Waals surface area contributed by atoms with E-state index >= 15 is 0 Å². The fourth-order valence-electron chi connectivity index (χ4n) is 2.21. The summed E-state index contributed by atoms with van der Waals surface area (Å²) >= 11 is 0. The van der Waals surface area contributed by atoms with E-state index in [9.17, 15) is 0 Å². The van der Waals surface area contributed by atoms with Gasteiger partial charge in [-0.3, -0.25) is 0 Å². The summed E-state index contributed by atoms with van der Waals surface area (Å²) in [6.07, 6.45) is 5.24. The van der Waals surface area contributed by atoms with Crippen molar-refractivity contribution in [3.05, 3.63) is 48.0 Å². The largest absolute Gasteiger partial charge is 0.494 e. The molecule has 0 bridgehead atoms. The van der Waals surface area contributed by atoms with Crippen molar-refractivity contribution in [2.45, 2.75) is 20.4 Å². The van der Waals surface area contributed by atoms with Gasteiger partial charge in [0.2, 0.25) is 0 Å². The summed E-state index contributed by atoms with van der Waals surface area (Å²) in [5.74, 6) is 4.71. The van der Waals surface area contributed by atoms with Gasteiger partial charge in [0.15, 0.2) is 11.5 Å². The van der Waals surface area contributed by atoms with E-state index in [1.807, 2.05) is 56.3 Å². The Balaban J connectivity index is 2.01. The molecular formula is C20H23NO3. The highest BCUT2D eigenvalue weighted by Gasteiger charge is 2.06. The highest BCUT2D eigenvalue weighted by molar-refractivity contribution is 5.48.